The number of aromatic nitrogens is 1. The Kier molecular flexibility index (Phi) is 6.26. The molecule has 0 unspecified atom stereocenters. The number of nitrogens with zero attached hydrogens (tertiary/aromatic N) is 2. The highest BCUT2D eigenvalue weighted by Crippen LogP contribution is 2.31. The van der Waals surface area contributed by atoms with Crippen LogP contribution in [-0.2, 0) is 4.79 Å². The molecule has 0 spiro atoms. The summed E-state index contributed by atoms with van der Waals surface area (Å²) in [5.74, 6) is -0.213. The molecule has 27 heavy (non-hydrogen) atoms. The summed E-state index contributed by atoms with van der Waals surface area (Å²) in [5, 5.41) is 5.66. The zero-order valence-corrected chi connectivity index (χ0v) is 16.8. The smallest absolute Gasteiger partial charge is 0.271 e. The molecule has 3 rings (SSSR count). The largest absolute Gasteiger partial charge is 0.341 e. The van der Waals surface area contributed by atoms with Gasteiger partial charge in [-0.1, -0.05) is 49.6 Å². The van der Waals surface area contributed by atoms with E-state index in [-0.39, 0.29) is 11.8 Å². The molecule has 144 valence electrons. The highest BCUT2D eigenvalue weighted by molar-refractivity contribution is 7.13. The lowest BCUT2D eigenvalue weighted by molar-refractivity contribution is -0.139. The zero-order chi connectivity index (χ0) is 19.3. The van der Waals surface area contributed by atoms with Gasteiger partial charge in [0.05, 0.1) is 0 Å². The topological polar surface area (TPSA) is 62.3 Å². The number of nitrogens with one attached hydrogen (secondary N) is 1. The van der Waals surface area contributed by atoms with Crippen molar-refractivity contribution in [2.24, 2.45) is 0 Å². The average molecular weight is 386 g/mol. The summed E-state index contributed by atoms with van der Waals surface area (Å²) in [6.07, 6.45) is 4.42. The molecule has 0 radical (unpaired) electrons. The molecule has 0 aliphatic heterocycles. The van der Waals surface area contributed by atoms with E-state index < -0.39 is 5.54 Å². The van der Waals surface area contributed by atoms with Crippen LogP contribution in [0, 0.1) is 0 Å². The number of hydrogen-bond donors (Lipinski definition) is 1. The molecule has 5 nitrogen and oxygen atoms in total. The van der Waals surface area contributed by atoms with Crippen LogP contribution in [0.2, 0.25) is 0 Å². The van der Waals surface area contributed by atoms with Gasteiger partial charge >= 0.3 is 0 Å². The SMILES string of the molecule is CCN(CC)C(=O)C1(NC(=O)c2csc(-c3ccccc3)n2)CCCCC1. The maximum Gasteiger partial charge on any atom is 0.271 e. The minimum Gasteiger partial charge on any atom is -0.341 e. The third-order valence-corrected chi connectivity index (χ3v) is 6.17. The first-order valence-corrected chi connectivity index (χ1v) is 10.6. The van der Waals surface area contributed by atoms with E-state index in [0.717, 1.165) is 29.8 Å². The first-order valence-electron chi connectivity index (χ1n) is 9.72. The summed E-state index contributed by atoms with van der Waals surface area (Å²) in [7, 11) is 0. The van der Waals surface area contributed by atoms with Crippen LogP contribution in [0.15, 0.2) is 35.7 Å². The Morgan fingerprint density at radius 1 is 1.11 bits per heavy atom. The molecule has 1 N–H and O–H groups in total. The predicted molar refractivity (Wildman–Crippen MR) is 109 cm³/mol. The third-order valence-electron chi connectivity index (χ3n) is 5.28. The standard InChI is InChI=1S/C21H27N3O2S/c1-3-24(4-2)20(26)21(13-9-6-10-14-21)23-18(25)17-15-27-19(22-17)16-11-7-5-8-12-16/h5,7-8,11-12,15H,3-4,6,9-10,13-14H2,1-2H3,(H,23,25). The van der Waals surface area contributed by atoms with E-state index in [0.29, 0.717) is 31.6 Å². The van der Waals surface area contributed by atoms with Crippen molar-refractivity contribution >= 4 is 23.2 Å². The first kappa shape index (κ1) is 19.5. The third kappa shape index (κ3) is 4.21. The summed E-state index contributed by atoms with van der Waals surface area (Å²) >= 11 is 1.45. The molecule has 1 saturated carbocycles. The molecular formula is C21H27N3O2S. The molecular weight excluding hydrogens is 358 g/mol. The van der Waals surface area contributed by atoms with Gasteiger partial charge in [0.1, 0.15) is 16.2 Å². The van der Waals surface area contributed by atoms with Gasteiger partial charge in [0, 0.05) is 24.0 Å². The van der Waals surface area contributed by atoms with Crippen LogP contribution in [0.3, 0.4) is 0 Å². The van der Waals surface area contributed by atoms with E-state index in [2.05, 4.69) is 10.3 Å². The molecule has 1 aromatic carbocycles. The van der Waals surface area contributed by atoms with Crippen LogP contribution >= 0.6 is 11.3 Å². The summed E-state index contributed by atoms with van der Waals surface area (Å²) in [6.45, 7) is 5.27. The second-order valence-electron chi connectivity index (χ2n) is 6.98. The number of carbonyl (C=O) groups excluding carboxylic acids is 2. The Morgan fingerprint density at radius 2 is 1.78 bits per heavy atom. The fourth-order valence-corrected chi connectivity index (χ4v) is 4.54. The zero-order valence-electron chi connectivity index (χ0n) is 16.0. The molecule has 2 aromatic rings. The number of carbonyl (C=O) groups is 2. The van der Waals surface area contributed by atoms with Crippen LogP contribution < -0.4 is 5.32 Å². The normalized spacial score (nSPS) is 15.9. The predicted octanol–water partition coefficient (Wildman–Crippen LogP) is 4.11. The highest BCUT2D eigenvalue weighted by Gasteiger charge is 2.43. The molecule has 1 aliphatic rings. The van der Waals surface area contributed by atoms with Gasteiger partial charge in [0.25, 0.3) is 5.91 Å². The van der Waals surface area contributed by atoms with Gasteiger partial charge in [0.2, 0.25) is 5.91 Å². The van der Waals surface area contributed by atoms with Gasteiger partial charge in [-0.25, -0.2) is 4.98 Å². The minimum atomic E-state index is -0.794. The van der Waals surface area contributed by atoms with Crippen molar-refractivity contribution in [1.29, 1.82) is 0 Å². The van der Waals surface area contributed by atoms with Crippen molar-refractivity contribution < 1.29 is 9.59 Å². The number of thiazole rings is 1. The maximum atomic E-state index is 13.2. The Bertz CT molecular complexity index is 778. The van der Waals surface area contributed by atoms with Crippen molar-refractivity contribution in [3.63, 3.8) is 0 Å². The van der Waals surface area contributed by atoms with E-state index in [1.807, 2.05) is 49.1 Å². The van der Waals surface area contributed by atoms with E-state index in [9.17, 15) is 9.59 Å². The van der Waals surface area contributed by atoms with Crippen LogP contribution in [0.25, 0.3) is 10.6 Å². The highest BCUT2D eigenvalue weighted by atomic mass is 32.1. The summed E-state index contributed by atoms with van der Waals surface area (Å²) in [4.78, 5) is 32.4. The van der Waals surface area contributed by atoms with E-state index in [4.69, 9.17) is 0 Å². The monoisotopic (exact) mass is 385 g/mol. The second-order valence-corrected chi connectivity index (χ2v) is 7.84. The number of likely N-dealkylation sites (N-methyl/N-ethyl adjacent to an activating group) is 1. The van der Waals surface area contributed by atoms with E-state index in [1.165, 1.54) is 11.3 Å². The lowest BCUT2D eigenvalue weighted by Crippen LogP contribution is -2.60. The Labute approximate surface area is 164 Å². The molecule has 0 atom stereocenters. The quantitative estimate of drug-likeness (QED) is 0.814. The van der Waals surface area contributed by atoms with Crippen LogP contribution in [0.5, 0.6) is 0 Å². The van der Waals surface area contributed by atoms with E-state index in [1.54, 1.807) is 5.38 Å². The molecule has 6 heteroatoms. The summed E-state index contributed by atoms with van der Waals surface area (Å²) in [5.41, 5.74) is 0.585. The molecule has 1 fully saturated rings. The van der Waals surface area contributed by atoms with Crippen molar-refractivity contribution in [2.75, 3.05) is 13.1 Å². The van der Waals surface area contributed by atoms with Gasteiger partial charge in [-0.3, -0.25) is 9.59 Å². The summed E-state index contributed by atoms with van der Waals surface area (Å²) in [6, 6.07) is 9.82. The summed E-state index contributed by atoms with van der Waals surface area (Å²) < 4.78 is 0. The lowest BCUT2D eigenvalue weighted by atomic mass is 9.80. The lowest BCUT2D eigenvalue weighted by Gasteiger charge is -2.39. The van der Waals surface area contributed by atoms with Crippen molar-refractivity contribution in [3.05, 3.63) is 41.4 Å². The fourth-order valence-electron chi connectivity index (χ4n) is 3.73. The Balaban J connectivity index is 1.81. The molecule has 1 aromatic heterocycles. The Morgan fingerprint density at radius 3 is 2.41 bits per heavy atom. The number of hydrogen-bond acceptors (Lipinski definition) is 4. The van der Waals surface area contributed by atoms with Crippen molar-refractivity contribution in [1.82, 2.24) is 15.2 Å². The number of benzene rings is 1. The maximum absolute atomic E-state index is 13.2. The molecule has 2 amide bonds. The van der Waals surface area contributed by atoms with Gasteiger partial charge in [-0.15, -0.1) is 11.3 Å². The van der Waals surface area contributed by atoms with Crippen molar-refractivity contribution in [2.45, 2.75) is 51.5 Å². The minimum absolute atomic E-state index is 0.0408. The molecule has 1 aliphatic carbocycles. The van der Waals surface area contributed by atoms with Gasteiger partial charge < -0.3 is 10.2 Å². The molecule has 0 bridgehead atoms. The van der Waals surface area contributed by atoms with Crippen molar-refractivity contribution in [3.8, 4) is 10.6 Å². The van der Waals surface area contributed by atoms with Crippen LogP contribution in [0.1, 0.15) is 56.4 Å². The van der Waals surface area contributed by atoms with Crippen LogP contribution in [0.4, 0.5) is 0 Å². The second kappa shape index (κ2) is 8.65. The van der Waals surface area contributed by atoms with Gasteiger partial charge in [-0.2, -0.15) is 0 Å². The Hall–Kier alpha value is -2.21. The molecule has 0 saturated heterocycles. The average Bonchev–Trinajstić information content (AvgIpc) is 3.21. The molecule has 1 heterocycles. The first-order chi connectivity index (χ1) is 13.1. The van der Waals surface area contributed by atoms with Gasteiger partial charge in [-0.05, 0) is 26.7 Å². The van der Waals surface area contributed by atoms with Crippen LogP contribution in [-0.4, -0.2) is 40.3 Å². The van der Waals surface area contributed by atoms with E-state index >= 15 is 0 Å². The number of rotatable bonds is 6. The fraction of sp³-hybridized carbons (Fsp3) is 0.476. The van der Waals surface area contributed by atoms with Gasteiger partial charge in [0.15, 0.2) is 0 Å². The number of amides is 2.